The highest BCUT2D eigenvalue weighted by atomic mass is 127. The first-order valence-electron chi connectivity index (χ1n) is 7.14. The molecule has 1 aliphatic carbocycles. The molecule has 0 unspecified atom stereocenters. The minimum absolute atomic E-state index is 0. The van der Waals surface area contributed by atoms with Gasteiger partial charge in [0, 0.05) is 33.7 Å². The van der Waals surface area contributed by atoms with Crippen LogP contribution in [0, 0.1) is 5.41 Å². The average Bonchev–Trinajstić information content (AvgIpc) is 2.70. The Balaban J connectivity index is 0.00000162. The predicted octanol–water partition coefficient (Wildman–Crippen LogP) is 3.20. The highest BCUT2D eigenvalue weighted by molar-refractivity contribution is 14.0. The number of rotatable bonds is 1. The number of nitrogens with zero attached hydrogens (tertiary/aromatic N) is 3. The van der Waals surface area contributed by atoms with E-state index in [4.69, 9.17) is 0 Å². The Kier molecular flexibility index (Phi) is 6.21. The van der Waals surface area contributed by atoms with E-state index < -0.39 is 0 Å². The molecule has 106 valence electrons. The van der Waals surface area contributed by atoms with Gasteiger partial charge in [-0.05, 0) is 31.6 Å². The molecule has 0 bridgehead atoms. The van der Waals surface area contributed by atoms with Gasteiger partial charge in [-0.2, -0.15) is 0 Å². The summed E-state index contributed by atoms with van der Waals surface area (Å²) in [5, 5.41) is 0. The third kappa shape index (κ3) is 3.52. The minimum Gasteiger partial charge on any atom is -0.349 e. The van der Waals surface area contributed by atoms with Crippen molar-refractivity contribution in [1.82, 2.24) is 9.80 Å². The maximum absolute atomic E-state index is 4.65. The summed E-state index contributed by atoms with van der Waals surface area (Å²) in [6.07, 6.45) is 8.59. The predicted molar refractivity (Wildman–Crippen MR) is 88.8 cm³/mol. The Morgan fingerprint density at radius 1 is 1.17 bits per heavy atom. The van der Waals surface area contributed by atoms with Crippen LogP contribution in [0.15, 0.2) is 4.99 Å². The van der Waals surface area contributed by atoms with Crippen LogP contribution in [0.5, 0.6) is 0 Å². The van der Waals surface area contributed by atoms with Gasteiger partial charge in [-0.25, -0.2) is 0 Å². The van der Waals surface area contributed by atoms with Gasteiger partial charge in [0.2, 0.25) is 0 Å². The zero-order chi connectivity index (χ0) is 12.3. The van der Waals surface area contributed by atoms with Crippen molar-refractivity contribution < 1.29 is 0 Å². The Labute approximate surface area is 129 Å². The summed E-state index contributed by atoms with van der Waals surface area (Å²) in [7, 11) is 4.22. The Bertz CT molecular complexity index is 283. The number of hydrogen-bond acceptors (Lipinski definition) is 1. The second-order valence-electron chi connectivity index (χ2n) is 5.90. The van der Waals surface area contributed by atoms with Crippen LogP contribution in [0.3, 0.4) is 0 Å². The third-order valence-corrected chi connectivity index (χ3v) is 4.33. The summed E-state index contributed by atoms with van der Waals surface area (Å²) < 4.78 is 0. The van der Waals surface area contributed by atoms with Crippen LogP contribution >= 0.6 is 24.0 Å². The fraction of sp³-hybridized carbons (Fsp3) is 0.929. The number of halogens is 1. The second-order valence-corrected chi connectivity index (χ2v) is 5.90. The SMILES string of the molecule is CCN=C(N(C)C)N1CCC2(CCCCC2)C1.I. The first kappa shape index (κ1) is 16.1. The Morgan fingerprint density at radius 2 is 1.83 bits per heavy atom. The van der Waals surface area contributed by atoms with E-state index >= 15 is 0 Å². The van der Waals surface area contributed by atoms with E-state index in [1.807, 2.05) is 0 Å². The smallest absolute Gasteiger partial charge is 0.196 e. The van der Waals surface area contributed by atoms with Crippen molar-refractivity contribution in [2.24, 2.45) is 10.4 Å². The van der Waals surface area contributed by atoms with Gasteiger partial charge in [0.15, 0.2) is 5.96 Å². The average molecular weight is 365 g/mol. The van der Waals surface area contributed by atoms with Gasteiger partial charge in [-0.15, -0.1) is 24.0 Å². The molecule has 1 spiro atoms. The van der Waals surface area contributed by atoms with Crippen molar-refractivity contribution >= 4 is 29.9 Å². The topological polar surface area (TPSA) is 18.8 Å². The summed E-state index contributed by atoms with van der Waals surface area (Å²) in [5.74, 6) is 1.19. The maximum atomic E-state index is 4.65. The van der Waals surface area contributed by atoms with Crippen molar-refractivity contribution in [2.45, 2.75) is 45.4 Å². The first-order chi connectivity index (χ1) is 8.17. The quantitative estimate of drug-likeness (QED) is 0.404. The molecule has 2 fully saturated rings. The summed E-state index contributed by atoms with van der Waals surface area (Å²) in [5.41, 5.74) is 0.628. The van der Waals surface area contributed by atoms with Crippen LogP contribution in [0.2, 0.25) is 0 Å². The molecule has 0 N–H and O–H groups in total. The second kappa shape index (κ2) is 6.96. The van der Waals surface area contributed by atoms with Crippen LogP contribution in [0.1, 0.15) is 45.4 Å². The van der Waals surface area contributed by atoms with Gasteiger partial charge in [0.05, 0.1) is 0 Å². The van der Waals surface area contributed by atoms with Crippen molar-refractivity contribution in [3.8, 4) is 0 Å². The van der Waals surface area contributed by atoms with Gasteiger partial charge in [0.1, 0.15) is 0 Å². The lowest BCUT2D eigenvalue weighted by molar-refractivity contribution is 0.201. The normalized spacial score (nSPS) is 23.1. The van der Waals surface area contributed by atoms with Gasteiger partial charge >= 0.3 is 0 Å². The van der Waals surface area contributed by atoms with Crippen LogP contribution in [0.4, 0.5) is 0 Å². The van der Waals surface area contributed by atoms with E-state index in [0.29, 0.717) is 5.41 Å². The molecule has 0 aromatic carbocycles. The lowest BCUT2D eigenvalue weighted by Gasteiger charge is -2.34. The highest BCUT2D eigenvalue weighted by Crippen LogP contribution is 2.43. The van der Waals surface area contributed by atoms with Crippen molar-refractivity contribution in [3.63, 3.8) is 0 Å². The standard InChI is InChI=1S/C14H27N3.HI/c1-4-15-13(16(2)3)17-11-10-14(12-17)8-6-5-7-9-14;/h4-12H2,1-3H3;1H. The fourth-order valence-electron chi connectivity index (χ4n) is 3.48. The summed E-state index contributed by atoms with van der Waals surface area (Å²) in [4.78, 5) is 9.33. The van der Waals surface area contributed by atoms with Crippen LogP contribution < -0.4 is 0 Å². The zero-order valence-electron chi connectivity index (χ0n) is 12.1. The molecule has 4 heteroatoms. The first-order valence-corrected chi connectivity index (χ1v) is 7.14. The third-order valence-electron chi connectivity index (χ3n) is 4.33. The van der Waals surface area contributed by atoms with Crippen LogP contribution in [-0.4, -0.2) is 49.5 Å². The summed E-state index contributed by atoms with van der Waals surface area (Å²) in [6.45, 7) is 5.45. The Hall–Kier alpha value is 0. The molecule has 1 saturated carbocycles. The number of guanidine groups is 1. The molecule has 1 aliphatic heterocycles. The lowest BCUT2D eigenvalue weighted by atomic mass is 9.73. The van der Waals surface area contributed by atoms with Gasteiger partial charge in [-0.3, -0.25) is 4.99 Å². The number of likely N-dealkylation sites (tertiary alicyclic amines) is 1. The molecule has 0 radical (unpaired) electrons. The summed E-state index contributed by atoms with van der Waals surface area (Å²) in [6, 6.07) is 0. The zero-order valence-corrected chi connectivity index (χ0v) is 14.4. The molecule has 0 aromatic rings. The monoisotopic (exact) mass is 365 g/mol. The molecular formula is C14H28IN3. The molecule has 2 aliphatic rings. The largest absolute Gasteiger partial charge is 0.349 e. The van der Waals surface area contributed by atoms with Crippen LogP contribution in [-0.2, 0) is 0 Å². The van der Waals surface area contributed by atoms with E-state index in [0.717, 1.165) is 6.54 Å². The molecule has 0 aromatic heterocycles. The molecule has 3 nitrogen and oxygen atoms in total. The molecular weight excluding hydrogens is 337 g/mol. The summed E-state index contributed by atoms with van der Waals surface area (Å²) >= 11 is 0. The number of hydrogen-bond donors (Lipinski definition) is 0. The van der Waals surface area contributed by atoms with Crippen molar-refractivity contribution in [2.75, 3.05) is 33.7 Å². The molecule has 2 rings (SSSR count). The Morgan fingerprint density at radius 3 is 2.39 bits per heavy atom. The maximum Gasteiger partial charge on any atom is 0.196 e. The lowest BCUT2D eigenvalue weighted by Crippen LogP contribution is -2.41. The van der Waals surface area contributed by atoms with Gasteiger partial charge < -0.3 is 9.80 Å². The molecule has 1 heterocycles. The minimum atomic E-state index is 0. The fourth-order valence-corrected chi connectivity index (χ4v) is 3.48. The van der Waals surface area contributed by atoms with Crippen molar-refractivity contribution in [1.29, 1.82) is 0 Å². The van der Waals surface area contributed by atoms with E-state index in [9.17, 15) is 0 Å². The van der Waals surface area contributed by atoms with E-state index in [1.165, 1.54) is 57.6 Å². The van der Waals surface area contributed by atoms with Crippen molar-refractivity contribution in [3.05, 3.63) is 0 Å². The van der Waals surface area contributed by atoms with Crippen LogP contribution in [0.25, 0.3) is 0 Å². The van der Waals surface area contributed by atoms with E-state index in [1.54, 1.807) is 0 Å². The molecule has 0 atom stereocenters. The molecule has 0 amide bonds. The van der Waals surface area contributed by atoms with Gasteiger partial charge in [-0.1, -0.05) is 19.3 Å². The molecule has 1 saturated heterocycles. The van der Waals surface area contributed by atoms with Gasteiger partial charge in [0.25, 0.3) is 0 Å². The van der Waals surface area contributed by atoms with E-state index in [2.05, 4.69) is 35.8 Å². The number of aliphatic imine (C=N–C) groups is 1. The van der Waals surface area contributed by atoms with E-state index in [-0.39, 0.29) is 24.0 Å². The highest BCUT2D eigenvalue weighted by Gasteiger charge is 2.40. The molecule has 18 heavy (non-hydrogen) atoms.